The summed E-state index contributed by atoms with van der Waals surface area (Å²) in [6.45, 7) is 1.86. The summed E-state index contributed by atoms with van der Waals surface area (Å²) in [4.78, 5) is 19.0. The highest BCUT2D eigenvalue weighted by Gasteiger charge is 2.24. The van der Waals surface area contributed by atoms with E-state index in [4.69, 9.17) is 4.74 Å². The molecule has 0 radical (unpaired) electrons. The zero-order valence-electron chi connectivity index (χ0n) is 15.4. The Morgan fingerprint density at radius 1 is 1.22 bits per heavy atom. The number of fused-ring (bicyclic) bond motifs is 1. The molecule has 1 aliphatic heterocycles. The van der Waals surface area contributed by atoms with E-state index in [1.165, 1.54) is 11.1 Å². The number of benzene rings is 2. The van der Waals surface area contributed by atoms with Crippen molar-refractivity contribution >= 4 is 5.91 Å². The van der Waals surface area contributed by atoms with Crippen LogP contribution in [0.1, 0.15) is 33.2 Å². The third kappa shape index (κ3) is 3.78. The van der Waals surface area contributed by atoms with Gasteiger partial charge in [-0.15, -0.1) is 0 Å². The van der Waals surface area contributed by atoms with Crippen molar-refractivity contribution in [2.24, 2.45) is 0 Å². The molecule has 0 bridgehead atoms. The zero-order valence-corrected chi connectivity index (χ0v) is 15.4. The highest BCUT2D eigenvalue weighted by molar-refractivity contribution is 5.95. The van der Waals surface area contributed by atoms with Gasteiger partial charge in [0.1, 0.15) is 6.10 Å². The molecule has 3 aromatic rings. The predicted molar refractivity (Wildman–Crippen MR) is 104 cm³/mol. The van der Waals surface area contributed by atoms with Crippen LogP contribution in [0.3, 0.4) is 0 Å². The highest BCUT2D eigenvalue weighted by atomic mass is 16.5. The normalized spacial score (nSPS) is 16.0. The van der Waals surface area contributed by atoms with E-state index in [2.05, 4.69) is 23.2 Å². The smallest absolute Gasteiger partial charge is 0.254 e. The van der Waals surface area contributed by atoms with Crippen molar-refractivity contribution in [1.29, 1.82) is 0 Å². The molecule has 2 heterocycles. The maximum Gasteiger partial charge on any atom is 0.254 e. The summed E-state index contributed by atoms with van der Waals surface area (Å²) in [5.74, 6) is 0.0115. The van der Waals surface area contributed by atoms with Crippen molar-refractivity contribution in [3.05, 3.63) is 89.5 Å². The number of carbonyl (C=O) groups is 1. The highest BCUT2D eigenvalue weighted by Crippen LogP contribution is 2.28. The molecule has 4 rings (SSSR count). The fourth-order valence-corrected chi connectivity index (χ4v) is 3.61. The quantitative estimate of drug-likeness (QED) is 0.700. The van der Waals surface area contributed by atoms with Crippen LogP contribution in [0.2, 0.25) is 0 Å². The van der Waals surface area contributed by atoms with Gasteiger partial charge in [-0.25, -0.2) is 4.98 Å². The van der Waals surface area contributed by atoms with Crippen LogP contribution in [0.25, 0.3) is 0 Å². The number of carbonyl (C=O) groups excluding carboxylic acids is 1. The summed E-state index contributed by atoms with van der Waals surface area (Å²) in [5.41, 5.74) is 4.21. The summed E-state index contributed by atoms with van der Waals surface area (Å²) in [6.07, 6.45) is 6.26. The van der Waals surface area contributed by atoms with Crippen LogP contribution in [0.4, 0.5) is 0 Å². The molecule has 0 unspecified atom stereocenters. The molecule has 0 aliphatic carbocycles. The molecular weight excluding hydrogens is 338 g/mol. The van der Waals surface area contributed by atoms with Gasteiger partial charge in [0, 0.05) is 31.5 Å². The number of nitrogens with zero attached hydrogens (tertiary/aromatic N) is 3. The second-order valence-electron chi connectivity index (χ2n) is 6.89. The van der Waals surface area contributed by atoms with E-state index in [9.17, 15) is 4.79 Å². The summed E-state index contributed by atoms with van der Waals surface area (Å²) in [5, 5.41) is 0. The van der Waals surface area contributed by atoms with Gasteiger partial charge in [0.25, 0.3) is 5.91 Å². The minimum atomic E-state index is -0.0790. The fraction of sp³-hybridized carbons (Fsp3) is 0.273. The van der Waals surface area contributed by atoms with Crippen molar-refractivity contribution in [1.82, 2.24) is 14.5 Å². The van der Waals surface area contributed by atoms with Crippen LogP contribution in [-0.2, 0) is 17.7 Å². The molecule has 0 N–H and O–H groups in total. The molecule has 0 spiro atoms. The Hall–Kier alpha value is -2.92. The molecule has 1 amide bonds. The average molecular weight is 361 g/mol. The van der Waals surface area contributed by atoms with Crippen molar-refractivity contribution in [2.45, 2.75) is 19.1 Å². The first-order valence-electron chi connectivity index (χ1n) is 9.21. The molecule has 27 heavy (non-hydrogen) atoms. The predicted octanol–water partition coefficient (Wildman–Crippen LogP) is 3.32. The maximum atomic E-state index is 13.1. The molecule has 0 fully saturated rings. The zero-order chi connectivity index (χ0) is 18.6. The number of aromatic nitrogens is 2. The number of amides is 1. The number of hydrogen-bond acceptors (Lipinski definition) is 3. The Labute approximate surface area is 159 Å². The van der Waals surface area contributed by atoms with Gasteiger partial charge in [0.05, 0.1) is 19.5 Å². The van der Waals surface area contributed by atoms with Gasteiger partial charge >= 0.3 is 0 Å². The van der Waals surface area contributed by atoms with E-state index in [0.29, 0.717) is 19.7 Å². The Morgan fingerprint density at radius 2 is 2.04 bits per heavy atom. The van der Waals surface area contributed by atoms with Gasteiger partial charge in [-0.2, -0.15) is 0 Å². The second kappa shape index (κ2) is 7.76. The van der Waals surface area contributed by atoms with Gasteiger partial charge in [-0.3, -0.25) is 4.79 Å². The van der Waals surface area contributed by atoms with Gasteiger partial charge in [0.2, 0.25) is 0 Å². The second-order valence-corrected chi connectivity index (χ2v) is 6.89. The molecule has 138 valence electrons. The van der Waals surface area contributed by atoms with Crippen LogP contribution in [0.15, 0.2) is 67.3 Å². The van der Waals surface area contributed by atoms with Gasteiger partial charge in [-0.05, 0) is 29.2 Å². The first-order valence-corrected chi connectivity index (χ1v) is 9.21. The summed E-state index contributed by atoms with van der Waals surface area (Å²) in [6, 6.07) is 16.1. The van der Waals surface area contributed by atoms with E-state index in [0.717, 1.165) is 17.5 Å². The largest absolute Gasteiger partial charge is 0.371 e. The minimum Gasteiger partial charge on any atom is -0.371 e. The third-order valence-corrected chi connectivity index (χ3v) is 5.04. The first kappa shape index (κ1) is 17.5. The lowest BCUT2D eigenvalue weighted by atomic mass is 9.97. The lowest BCUT2D eigenvalue weighted by Gasteiger charge is -2.30. The molecule has 1 aliphatic rings. The van der Waals surface area contributed by atoms with E-state index in [-0.39, 0.29) is 12.0 Å². The maximum absolute atomic E-state index is 13.1. The van der Waals surface area contributed by atoms with Crippen LogP contribution in [-0.4, -0.2) is 40.6 Å². The summed E-state index contributed by atoms with van der Waals surface area (Å²) >= 11 is 0. The number of ether oxygens (including phenoxy) is 1. The Balaban J connectivity index is 1.52. The van der Waals surface area contributed by atoms with E-state index in [1.807, 2.05) is 48.1 Å². The standard InChI is InChI=1S/C22H23N3O2/c1-24(15-21-19-8-4-2-6-17(19)10-13-27-21)22(26)20-9-5-3-7-18(20)14-25-12-11-23-16-25/h2-9,11-12,16,21H,10,13-15H2,1H3/t21-/m1/s1. The third-order valence-electron chi connectivity index (χ3n) is 5.04. The topological polar surface area (TPSA) is 47.4 Å². The molecule has 1 aromatic heterocycles. The Kier molecular flexibility index (Phi) is 5.03. The molecule has 1 atom stereocenters. The van der Waals surface area contributed by atoms with Crippen LogP contribution in [0, 0.1) is 0 Å². The number of hydrogen-bond donors (Lipinski definition) is 0. The van der Waals surface area contributed by atoms with Crippen LogP contribution >= 0.6 is 0 Å². The van der Waals surface area contributed by atoms with Crippen LogP contribution in [0.5, 0.6) is 0 Å². The molecule has 2 aromatic carbocycles. The monoisotopic (exact) mass is 361 g/mol. The van der Waals surface area contributed by atoms with E-state index < -0.39 is 0 Å². The number of imidazole rings is 1. The van der Waals surface area contributed by atoms with E-state index >= 15 is 0 Å². The summed E-state index contributed by atoms with van der Waals surface area (Å²) in [7, 11) is 1.84. The fourth-order valence-electron chi connectivity index (χ4n) is 3.61. The molecule has 0 saturated carbocycles. The molecule has 5 nitrogen and oxygen atoms in total. The van der Waals surface area contributed by atoms with Gasteiger partial charge in [-0.1, -0.05) is 42.5 Å². The number of rotatable bonds is 5. The Bertz CT molecular complexity index is 921. The van der Waals surface area contributed by atoms with Crippen LogP contribution < -0.4 is 0 Å². The summed E-state index contributed by atoms with van der Waals surface area (Å²) < 4.78 is 7.94. The molecule has 0 saturated heterocycles. The molecule has 5 heteroatoms. The first-order chi connectivity index (χ1) is 13.2. The van der Waals surface area contributed by atoms with Crippen molar-refractivity contribution in [2.75, 3.05) is 20.2 Å². The minimum absolute atomic E-state index is 0.0115. The van der Waals surface area contributed by atoms with Crippen molar-refractivity contribution < 1.29 is 9.53 Å². The van der Waals surface area contributed by atoms with E-state index in [1.54, 1.807) is 17.4 Å². The van der Waals surface area contributed by atoms with Crippen molar-refractivity contribution in [3.8, 4) is 0 Å². The lowest BCUT2D eigenvalue weighted by Crippen LogP contribution is -2.34. The average Bonchev–Trinajstić information content (AvgIpc) is 3.21. The molecular formula is C22H23N3O2. The van der Waals surface area contributed by atoms with Gasteiger partial charge < -0.3 is 14.2 Å². The van der Waals surface area contributed by atoms with Gasteiger partial charge in [0.15, 0.2) is 0 Å². The Morgan fingerprint density at radius 3 is 2.89 bits per heavy atom. The number of likely N-dealkylation sites (N-methyl/N-ethyl adjacent to an activating group) is 1. The SMILES string of the molecule is CN(C[C@H]1OCCc2ccccc21)C(=O)c1ccccc1Cn1ccnc1. The lowest BCUT2D eigenvalue weighted by molar-refractivity contribution is 0.0200. The van der Waals surface area contributed by atoms with Crippen molar-refractivity contribution in [3.63, 3.8) is 0 Å².